The third-order valence-electron chi connectivity index (χ3n) is 3.37. The maximum Gasteiger partial charge on any atom is 0.240 e. The SMILES string of the molecule is O=C=Nc1cccc(C2CCCCCC2)c1. The first-order valence-electron chi connectivity index (χ1n) is 6.08. The molecule has 0 unspecified atom stereocenters. The van der Waals surface area contributed by atoms with E-state index >= 15 is 0 Å². The van der Waals surface area contributed by atoms with E-state index in [9.17, 15) is 4.79 Å². The molecular weight excluding hydrogens is 198 g/mol. The molecule has 2 rings (SSSR count). The van der Waals surface area contributed by atoms with Gasteiger partial charge >= 0.3 is 0 Å². The molecule has 16 heavy (non-hydrogen) atoms. The quantitative estimate of drug-likeness (QED) is 0.415. The topological polar surface area (TPSA) is 29.4 Å². The van der Waals surface area contributed by atoms with Crippen molar-refractivity contribution >= 4 is 11.8 Å². The highest BCUT2D eigenvalue weighted by atomic mass is 16.1. The summed E-state index contributed by atoms with van der Waals surface area (Å²) in [6.07, 6.45) is 9.52. The zero-order chi connectivity index (χ0) is 11.2. The minimum absolute atomic E-state index is 0.657. The van der Waals surface area contributed by atoms with Gasteiger partial charge in [-0.05, 0) is 36.5 Å². The van der Waals surface area contributed by atoms with Crippen LogP contribution in [0.5, 0.6) is 0 Å². The van der Waals surface area contributed by atoms with E-state index in [-0.39, 0.29) is 0 Å². The van der Waals surface area contributed by atoms with Crippen molar-refractivity contribution in [3.8, 4) is 0 Å². The third kappa shape index (κ3) is 2.80. The number of rotatable bonds is 2. The van der Waals surface area contributed by atoms with Crippen molar-refractivity contribution in [2.24, 2.45) is 4.99 Å². The van der Waals surface area contributed by atoms with Crippen LogP contribution in [-0.2, 0) is 4.79 Å². The van der Waals surface area contributed by atoms with E-state index in [1.165, 1.54) is 44.1 Å². The zero-order valence-corrected chi connectivity index (χ0v) is 9.48. The summed E-state index contributed by atoms with van der Waals surface area (Å²) in [7, 11) is 0. The molecule has 0 saturated heterocycles. The van der Waals surface area contributed by atoms with Gasteiger partial charge in [-0.25, -0.2) is 4.79 Å². The Kier molecular flexibility index (Phi) is 3.90. The number of aliphatic imine (C=N–C) groups is 1. The summed E-state index contributed by atoms with van der Waals surface area (Å²) in [6, 6.07) is 8.02. The maximum atomic E-state index is 10.2. The van der Waals surface area contributed by atoms with Crippen LogP contribution in [0.3, 0.4) is 0 Å². The van der Waals surface area contributed by atoms with Crippen molar-refractivity contribution in [1.82, 2.24) is 0 Å². The second-order valence-electron chi connectivity index (χ2n) is 4.49. The maximum absolute atomic E-state index is 10.2. The minimum Gasteiger partial charge on any atom is -0.211 e. The second kappa shape index (κ2) is 5.62. The van der Waals surface area contributed by atoms with Crippen molar-refractivity contribution in [1.29, 1.82) is 0 Å². The van der Waals surface area contributed by atoms with E-state index in [2.05, 4.69) is 11.1 Å². The van der Waals surface area contributed by atoms with Crippen molar-refractivity contribution in [2.45, 2.75) is 44.4 Å². The van der Waals surface area contributed by atoms with Gasteiger partial charge in [0.25, 0.3) is 0 Å². The molecule has 2 nitrogen and oxygen atoms in total. The van der Waals surface area contributed by atoms with Gasteiger partial charge in [0.15, 0.2) is 0 Å². The van der Waals surface area contributed by atoms with Crippen LogP contribution in [0.4, 0.5) is 5.69 Å². The van der Waals surface area contributed by atoms with Gasteiger partial charge in [-0.3, -0.25) is 0 Å². The van der Waals surface area contributed by atoms with Crippen LogP contribution in [-0.4, -0.2) is 6.08 Å². The first-order chi connectivity index (χ1) is 7.90. The van der Waals surface area contributed by atoms with E-state index in [1.807, 2.05) is 18.2 Å². The van der Waals surface area contributed by atoms with Crippen molar-refractivity contribution in [3.63, 3.8) is 0 Å². The highest BCUT2D eigenvalue weighted by molar-refractivity contribution is 5.50. The predicted molar refractivity (Wildman–Crippen MR) is 64.7 cm³/mol. The molecule has 0 amide bonds. The molecule has 0 atom stereocenters. The summed E-state index contributed by atoms with van der Waals surface area (Å²) >= 11 is 0. The highest BCUT2D eigenvalue weighted by Gasteiger charge is 2.14. The average molecular weight is 215 g/mol. The Morgan fingerprint density at radius 3 is 2.56 bits per heavy atom. The van der Waals surface area contributed by atoms with Gasteiger partial charge in [-0.15, -0.1) is 0 Å². The standard InChI is InChI=1S/C14H17NO/c16-11-15-14-9-5-8-13(10-14)12-6-3-1-2-4-7-12/h5,8-10,12H,1-4,6-7H2. The van der Waals surface area contributed by atoms with Crippen molar-refractivity contribution in [3.05, 3.63) is 29.8 Å². The molecule has 1 aliphatic rings. The Balaban J connectivity index is 2.17. The summed E-state index contributed by atoms with van der Waals surface area (Å²) in [5.41, 5.74) is 2.06. The average Bonchev–Trinajstić information content (AvgIpc) is 2.58. The van der Waals surface area contributed by atoms with Crippen molar-refractivity contribution in [2.75, 3.05) is 0 Å². The molecule has 0 aliphatic heterocycles. The Morgan fingerprint density at radius 2 is 1.88 bits per heavy atom. The predicted octanol–water partition coefficient (Wildman–Crippen LogP) is 4.09. The van der Waals surface area contributed by atoms with Gasteiger partial charge < -0.3 is 0 Å². The summed E-state index contributed by atoms with van der Waals surface area (Å²) in [4.78, 5) is 13.9. The molecule has 0 radical (unpaired) electrons. The van der Waals surface area contributed by atoms with Crippen LogP contribution in [0.25, 0.3) is 0 Å². The minimum atomic E-state index is 0.657. The summed E-state index contributed by atoms with van der Waals surface area (Å²) < 4.78 is 0. The summed E-state index contributed by atoms with van der Waals surface area (Å²) in [5, 5.41) is 0. The fourth-order valence-corrected chi connectivity index (χ4v) is 2.51. The van der Waals surface area contributed by atoms with Gasteiger partial charge in [-0.2, -0.15) is 4.99 Å². The lowest BCUT2D eigenvalue weighted by Gasteiger charge is -2.14. The number of isocyanates is 1. The molecule has 2 heteroatoms. The molecule has 1 saturated carbocycles. The smallest absolute Gasteiger partial charge is 0.211 e. The van der Waals surface area contributed by atoms with Crippen molar-refractivity contribution < 1.29 is 4.79 Å². The molecule has 0 aromatic heterocycles. The van der Waals surface area contributed by atoms with Gasteiger partial charge in [0.1, 0.15) is 0 Å². The van der Waals surface area contributed by atoms with Crippen LogP contribution in [0.1, 0.15) is 50.0 Å². The molecular formula is C14H17NO. The molecule has 84 valence electrons. The lowest BCUT2D eigenvalue weighted by molar-refractivity contribution is 0.565. The van der Waals surface area contributed by atoms with E-state index < -0.39 is 0 Å². The van der Waals surface area contributed by atoms with Crippen LogP contribution >= 0.6 is 0 Å². The second-order valence-corrected chi connectivity index (χ2v) is 4.49. The van der Waals surface area contributed by atoms with E-state index in [4.69, 9.17) is 0 Å². The zero-order valence-electron chi connectivity index (χ0n) is 9.48. The normalized spacial score (nSPS) is 17.5. The van der Waals surface area contributed by atoms with Crippen LogP contribution in [0.2, 0.25) is 0 Å². The van der Waals surface area contributed by atoms with E-state index in [0.29, 0.717) is 5.92 Å². The molecule has 1 aromatic carbocycles. The highest BCUT2D eigenvalue weighted by Crippen LogP contribution is 2.32. The summed E-state index contributed by atoms with van der Waals surface area (Å²) in [6.45, 7) is 0. The Morgan fingerprint density at radius 1 is 1.12 bits per heavy atom. The van der Waals surface area contributed by atoms with E-state index in [1.54, 1.807) is 6.08 Å². The molecule has 0 spiro atoms. The third-order valence-corrected chi connectivity index (χ3v) is 3.37. The number of hydrogen-bond acceptors (Lipinski definition) is 2. The number of benzene rings is 1. The van der Waals surface area contributed by atoms with Crippen LogP contribution in [0.15, 0.2) is 29.3 Å². The molecule has 1 aromatic rings. The largest absolute Gasteiger partial charge is 0.240 e. The van der Waals surface area contributed by atoms with Gasteiger partial charge in [0.05, 0.1) is 5.69 Å². The van der Waals surface area contributed by atoms with Gasteiger partial charge in [0.2, 0.25) is 6.08 Å². The summed E-state index contributed by atoms with van der Waals surface area (Å²) in [5.74, 6) is 0.657. The van der Waals surface area contributed by atoms with Gasteiger partial charge in [0, 0.05) is 0 Å². The fourth-order valence-electron chi connectivity index (χ4n) is 2.51. The number of hydrogen-bond donors (Lipinski definition) is 0. The molecule has 0 heterocycles. The monoisotopic (exact) mass is 215 g/mol. The fraction of sp³-hybridized carbons (Fsp3) is 0.500. The lowest BCUT2D eigenvalue weighted by Crippen LogP contribution is -1.96. The lowest BCUT2D eigenvalue weighted by atomic mass is 9.91. The molecule has 1 aliphatic carbocycles. The van der Waals surface area contributed by atoms with E-state index in [0.717, 1.165) is 5.69 Å². The Hall–Kier alpha value is -1.40. The number of nitrogens with zero attached hydrogens (tertiary/aromatic N) is 1. The van der Waals surface area contributed by atoms with Crippen LogP contribution in [0, 0.1) is 0 Å². The Bertz CT molecular complexity index is 385. The molecule has 0 N–H and O–H groups in total. The molecule has 0 bridgehead atoms. The first kappa shape index (κ1) is 11.1. The van der Waals surface area contributed by atoms with Crippen LogP contribution < -0.4 is 0 Å². The van der Waals surface area contributed by atoms with Gasteiger partial charge in [-0.1, -0.05) is 37.8 Å². The Labute approximate surface area is 96.4 Å². The first-order valence-corrected chi connectivity index (χ1v) is 6.08. The number of carbonyl (C=O) groups excluding carboxylic acids is 1. The molecule has 1 fully saturated rings.